The van der Waals surface area contributed by atoms with Crippen LogP contribution in [0.4, 0.5) is 0 Å². The van der Waals surface area contributed by atoms with E-state index in [9.17, 15) is 0 Å². The van der Waals surface area contributed by atoms with Gasteiger partial charge in [-0.3, -0.25) is 0 Å². The molecule has 25 heavy (non-hydrogen) atoms. The molecular weight excluding hydrogens is 304 g/mol. The van der Waals surface area contributed by atoms with Crippen molar-refractivity contribution in [2.24, 2.45) is 0 Å². The summed E-state index contributed by atoms with van der Waals surface area (Å²) >= 11 is 0. The Hall–Kier alpha value is -2.02. The van der Waals surface area contributed by atoms with Crippen molar-refractivity contribution in [2.45, 2.75) is 67.7 Å². The molecule has 0 bridgehead atoms. The molecule has 0 amide bonds. The van der Waals surface area contributed by atoms with Crippen LogP contribution in [0.1, 0.15) is 59.9 Å². The summed E-state index contributed by atoms with van der Waals surface area (Å²) in [5.74, 6) is 1.09. The molecule has 0 spiro atoms. The van der Waals surface area contributed by atoms with Crippen molar-refractivity contribution in [1.82, 2.24) is 0 Å². The first-order valence-corrected chi connectivity index (χ1v) is 9.14. The maximum Gasteiger partial charge on any atom is 0.138 e. The standard InChI is InChI=1S/C24H30O/c1-13-10-15(3)19(16(4)11-13)21-20-17(5)12-14(2)18(6)22(20)25-23(21)24(7,8)9/h10-12H,1-9H3. The smallest absolute Gasteiger partial charge is 0.138 e. The predicted molar refractivity (Wildman–Crippen MR) is 109 cm³/mol. The van der Waals surface area contributed by atoms with Crippen LogP contribution in [0.25, 0.3) is 22.1 Å². The Balaban J connectivity index is 2.56. The second kappa shape index (κ2) is 5.76. The van der Waals surface area contributed by atoms with Crippen LogP contribution in [0.2, 0.25) is 0 Å². The van der Waals surface area contributed by atoms with E-state index < -0.39 is 0 Å². The zero-order valence-corrected chi connectivity index (χ0v) is 17.1. The third-order valence-corrected chi connectivity index (χ3v) is 5.28. The molecule has 1 heterocycles. The minimum Gasteiger partial charge on any atom is -0.460 e. The summed E-state index contributed by atoms with van der Waals surface area (Å²) in [5.41, 5.74) is 11.4. The number of rotatable bonds is 1. The maximum absolute atomic E-state index is 6.55. The molecule has 0 radical (unpaired) electrons. The molecule has 1 aromatic heterocycles. The Morgan fingerprint density at radius 1 is 0.680 bits per heavy atom. The normalized spacial score (nSPS) is 12.2. The van der Waals surface area contributed by atoms with Crippen molar-refractivity contribution < 1.29 is 4.42 Å². The van der Waals surface area contributed by atoms with Gasteiger partial charge in [-0.1, -0.05) is 44.5 Å². The summed E-state index contributed by atoms with van der Waals surface area (Å²) in [6.07, 6.45) is 0. The molecule has 2 aromatic carbocycles. The fourth-order valence-corrected chi connectivity index (χ4v) is 4.10. The van der Waals surface area contributed by atoms with Crippen LogP contribution in [-0.4, -0.2) is 0 Å². The highest BCUT2D eigenvalue weighted by Gasteiger charge is 2.29. The number of fused-ring (bicyclic) bond motifs is 1. The average molecular weight is 335 g/mol. The van der Waals surface area contributed by atoms with Crippen LogP contribution in [0.3, 0.4) is 0 Å². The Bertz CT molecular complexity index is 955. The van der Waals surface area contributed by atoms with Crippen LogP contribution in [0.5, 0.6) is 0 Å². The molecule has 1 nitrogen and oxygen atoms in total. The van der Waals surface area contributed by atoms with Gasteiger partial charge in [0.2, 0.25) is 0 Å². The minimum absolute atomic E-state index is 0.0507. The summed E-state index contributed by atoms with van der Waals surface area (Å²) in [5, 5.41) is 1.28. The van der Waals surface area contributed by atoms with E-state index in [1.807, 2.05) is 0 Å². The molecule has 0 atom stereocenters. The lowest BCUT2D eigenvalue weighted by molar-refractivity contribution is 0.431. The van der Waals surface area contributed by atoms with E-state index in [0.717, 1.165) is 11.3 Å². The summed E-state index contributed by atoms with van der Waals surface area (Å²) in [6, 6.07) is 6.86. The molecule has 0 aliphatic rings. The summed E-state index contributed by atoms with van der Waals surface area (Å²) in [7, 11) is 0. The lowest BCUT2D eigenvalue weighted by Gasteiger charge is -2.20. The molecule has 3 rings (SSSR count). The Morgan fingerprint density at radius 3 is 1.76 bits per heavy atom. The van der Waals surface area contributed by atoms with E-state index in [-0.39, 0.29) is 5.41 Å². The van der Waals surface area contributed by atoms with Gasteiger partial charge in [-0.25, -0.2) is 0 Å². The highest BCUT2D eigenvalue weighted by Crippen LogP contribution is 2.45. The van der Waals surface area contributed by atoms with Gasteiger partial charge in [-0.2, -0.15) is 0 Å². The van der Waals surface area contributed by atoms with Crippen molar-refractivity contribution in [2.75, 3.05) is 0 Å². The van der Waals surface area contributed by atoms with Gasteiger partial charge in [0.05, 0.1) is 0 Å². The largest absolute Gasteiger partial charge is 0.460 e. The molecule has 0 fully saturated rings. The van der Waals surface area contributed by atoms with Crippen molar-refractivity contribution in [3.8, 4) is 11.1 Å². The van der Waals surface area contributed by atoms with E-state index in [4.69, 9.17) is 4.42 Å². The van der Waals surface area contributed by atoms with Crippen LogP contribution in [-0.2, 0) is 5.41 Å². The van der Waals surface area contributed by atoms with Crippen molar-refractivity contribution in [3.63, 3.8) is 0 Å². The van der Waals surface area contributed by atoms with E-state index in [1.54, 1.807) is 0 Å². The fourth-order valence-electron chi connectivity index (χ4n) is 4.10. The van der Waals surface area contributed by atoms with Crippen molar-refractivity contribution in [1.29, 1.82) is 0 Å². The van der Waals surface area contributed by atoms with Gasteiger partial charge < -0.3 is 4.42 Å². The second-order valence-corrected chi connectivity index (χ2v) is 8.67. The molecule has 0 unspecified atom stereocenters. The van der Waals surface area contributed by atoms with Crippen LogP contribution in [0, 0.1) is 41.5 Å². The van der Waals surface area contributed by atoms with Gasteiger partial charge in [0, 0.05) is 16.4 Å². The third kappa shape index (κ3) is 2.80. The molecule has 0 aliphatic heterocycles. The average Bonchev–Trinajstić information content (AvgIpc) is 2.84. The summed E-state index contributed by atoms with van der Waals surface area (Å²) < 4.78 is 6.55. The number of benzene rings is 2. The number of furan rings is 1. The van der Waals surface area contributed by atoms with Gasteiger partial charge in [0.15, 0.2) is 0 Å². The number of aryl methyl sites for hydroxylation is 6. The minimum atomic E-state index is -0.0507. The highest BCUT2D eigenvalue weighted by atomic mass is 16.3. The maximum atomic E-state index is 6.55. The van der Waals surface area contributed by atoms with Gasteiger partial charge in [-0.15, -0.1) is 0 Å². The van der Waals surface area contributed by atoms with E-state index >= 15 is 0 Å². The molecule has 0 saturated carbocycles. The van der Waals surface area contributed by atoms with Crippen molar-refractivity contribution >= 4 is 11.0 Å². The third-order valence-electron chi connectivity index (χ3n) is 5.28. The van der Waals surface area contributed by atoms with Crippen molar-refractivity contribution in [3.05, 3.63) is 57.3 Å². The van der Waals surface area contributed by atoms with Crippen LogP contribution >= 0.6 is 0 Å². The molecule has 0 aliphatic carbocycles. The first-order chi connectivity index (χ1) is 11.5. The van der Waals surface area contributed by atoms with Crippen LogP contribution < -0.4 is 0 Å². The van der Waals surface area contributed by atoms with E-state index in [2.05, 4.69) is 80.5 Å². The summed E-state index contributed by atoms with van der Waals surface area (Å²) in [4.78, 5) is 0. The fraction of sp³-hybridized carbons (Fsp3) is 0.417. The summed E-state index contributed by atoms with van der Waals surface area (Å²) in [6.45, 7) is 19.9. The van der Waals surface area contributed by atoms with Crippen LogP contribution in [0.15, 0.2) is 22.6 Å². The molecule has 132 valence electrons. The Kier molecular flexibility index (Phi) is 4.10. The van der Waals surface area contributed by atoms with Gasteiger partial charge in [0.1, 0.15) is 11.3 Å². The Labute approximate surface area is 152 Å². The quantitative estimate of drug-likeness (QED) is 0.457. The SMILES string of the molecule is Cc1cc(C)c(-c2c(C(C)(C)C)oc3c(C)c(C)cc(C)c23)c(C)c1. The number of hydrogen-bond donors (Lipinski definition) is 0. The van der Waals surface area contributed by atoms with Gasteiger partial charge >= 0.3 is 0 Å². The molecule has 0 N–H and O–H groups in total. The van der Waals surface area contributed by atoms with E-state index in [1.165, 1.54) is 49.9 Å². The zero-order valence-electron chi connectivity index (χ0n) is 17.1. The van der Waals surface area contributed by atoms with E-state index in [0.29, 0.717) is 0 Å². The predicted octanol–water partition coefficient (Wildman–Crippen LogP) is 7.25. The van der Waals surface area contributed by atoms with Gasteiger partial charge in [0.25, 0.3) is 0 Å². The number of hydrogen-bond acceptors (Lipinski definition) is 1. The lowest BCUT2D eigenvalue weighted by atomic mass is 9.83. The molecule has 1 heteroatoms. The zero-order chi connectivity index (χ0) is 18.7. The first-order valence-electron chi connectivity index (χ1n) is 9.14. The second-order valence-electron chi connectivity index (χ2n) is 8.67. The molecule has 3 aromatic rings. The monoisotopic (exact) mass is 334 g/mol. The topological polar surface area (TPSA) is 13.1 Å². The molecule has 0 saturated heterocycles. The Morgan fingerprint density at radius 2 is 1.24 bits per heavy atom. The first kappa shape index (κ1) is 17.8. The lowest BCUT2D eigenvalue weighted by Crippen LogP contribution is -2.11. The highest BCUT2D eigenvalue weighted by molar-refractivity contribution is 6.01. The molecular formula is C24H30O. The van der Waals surface area contributed by atoms with Gasteiger partial charge in [-0.05, 0) is 74.9 Å².